The molecule has 32 heavy (non-hydrogen) atoms. The maximum atomic E-state index is 9.35. The highest BCUT2D eigenvalue weighted by atomic mass is 32.1. The average Bonchev–Trinajstić information content (AvgIpc) is 3.31. The SMILES string of the molecule is N#Cc1ccnc(C2CCC3CCN(C3)C3=C(CNCc4cccc(n4)N2)[SH]=CC=N3)c1. The summed E-state index contributed by atoms with van der Waals surface area (Å²) in [5, 5.41) is 18.6. The van der Waals surface area contributed by atoms with Crippen LogP contribution in [-0.2, 0) is 6.54 Å². The number of hydrogen-bond donors (Lipinski definition) is 3. The van der Waals surface area contributed by atoms with E-state index in [1.54, 1.807) is 12.3 Å². The Balaban J connectivity index is 1.45. The van der Waals surface area contributed by atoms with E-state index in [1.165, 1.54) is 22.7 Å². The first-order valence-corrected chi connectivity index (χ1v) is 12.1. The highest BCUT2D eigenvalue weighted by Gasteiger charge is 2.27. The molecule has 2 unspecified atom stereocenters. The number of nitrogens with one attached hydrogen (secondary N) is 2. The van der Waals surface area contributed by atoms with Crippen LogP contribution in [0.15, 0.2) is 52.2 Å². The number of anilines is 1. The predicted octanol–water partition coefficient (Wildman–Crippen LogP) is 3.23. The Morgan fingerprint density at radius 2 is 2.12 bits per heavy atom. The van der Waals surface area contributed by atoms with Gasteiger partial charge in [0.05, 0.1) is 29.1 Å². The second kappa shape index (κ2) is 9.63. The third-order valence-corrected chi connectivity index (χ3v) is 7.15. The fraction of sp³-hybridized carbons (Fsp3) is 0.375. The van der Waals surface area contributed by atoms with Gasteiger partial charge in [0.25, 0.3) is 0 Å². The molecule has 5 heterocycles. The van der Waals surface area contributed by atoms with Crippen molar-refractivity contribution in [1.82, 2.24) is 20.2 Å². The summed E-state index contributed by atoms with van der Waals surface area (Å²) in [6.07, 6.45) is 6.85. The minimum atomic E-state index is 0.00813. The van der Waals surface area contributed by atoms with E-state index in [0.717, 1.165) is 55.5 Å². The first kappa shape index (κ1) is 20.9. The zero-order valence-corrected chi connectivity index (χ0v) is 18.8. The number of hydrogen-bond acceptors (Lipinski definition) is 7. The maximum Gasteiger partial charge on any atom is 0.138 e. The first-order chi connectivity index (χ1) is 15.8. The van der Waals surface area contributed by atoms with E-state index in [1.807, 2.05) is 30.5 Å². The molecular weight excluding hydrogens is 418 g/mol. The Morgan fingerprint density at radius 3 is 3.06 bits per heavy atom. The van der Waals surface area contributed by atoms with Gasteiger partial charge in [-0.25, -0.2) is 9.98 Å². The summed E-state index contributed by atoms with van der Waals surface area (Å²) in [6.45, 7) is 3.59. The van der Waals surface area contributed by atoms with Crippen molar-refractivity contribution in [1.29, 1.82) is 5.26 Å². The van der Waals surface area contributed by atoms with Gasteiger partial charge in [0.1, 0.15) is 11.6 Å². The van der Waals surface area contributed by atoms with Crippen molar-refractivity contribution in [3.05, 3.63) is 64.2 Å². The van der Waals surface area contributed by atoms with Crippen LogP contribution in [0.2, 0.25) is 0 Å². The van der Waals surface area contributed by atoms with Crippen molar-refractivity contribution in [3.8, 4) is 6.07 Å². The number of aromatic nitrogens is 2. The van der Waals surface area contributed by atoms with Gasteiger partial charge in [0, 0.05) is 43.5 Å². The highest BCUT2D eigenvalue weighted by molar-refractivity contribution is 8.02. The van der Waals surface area contributed by atoms with Gasteiger partial charge in [-0.1, -0.05) is 6.07 Å². The smallest absolute Gasteiger partial charge is 0.138 e. The zero-order valence-electron chi connectivity index (χ0n) is 17.9. The van der Waals surface area contributed by atoms with Gasteiger partial charge in [-0.3, -0.25) is 4.98 Å². The molecule has 1 saturated heterocycles. The second-order valence-corrected chi connectivity index (χ2v) is 9.50. The molecule has 2 N–H and O–H groups in total. The van der Waals surface area contributed by atoms with E-state index in [-0.39, 0.29) is 6.04 Å². The topological polar surface area (TPSA) is 89.2 Å². The largest absolute Gasteiger partial charge is 0.362 e. The molecule has 2 aromatic rings. The van der Waals surface area contributed by atoms with Crippen molar-refractivity contribution in [3.63, 3.8) is 0 Å². The number of aliphatic imine (C=N–C) groups is 1. The van der Waals surface area contributed by atoms with Crippen LogP contribution in [0, 0.1) is 17.2 Å². The van der Waals surface area contributed by atoms with Crippen LogP contribution in [0.1, 0.15) is 42.3 Å². The Kier molecular flexibility index (Phi) is 6.28. The lowest BCUT2D eigenvalue weighted by Gasteiger charge is -2.23. The summed E-state index contributed by atoms with van der Waals surface area (Å²) in [5.74, 6) is 2.59. The number of fused-ring (bicyclic) bond motifs is 5. The summed E-state index contributed by atoms with van der Waals surface area (Å²) in [5.41, 5.74) is 2.52. The van der Waals surface area contributed by atoms with Crippen molar-refractivity contribution >= 4 is 28.8 Å². The van der Waals surface area contributed by atoms with E-state index in [9.17, 15) is 5.26 Å². The molecule has 7 nitrogen and oxygen atoms in total. The third kappa shape index (κ3) is 4.74. The fourth-order valence-corrected chi connectivity index (χ4v) is 5.39. The summed E-state index contributed by atoms with van der Waals surface area (Å²) in [6, 6.07) is 12.0. The minimum absolute atomic E-state index is 0.00813. The number of thiol groups is 1. The number of rotatable bonds is 1. The Morgan fingerprint density at radius 1 is 1.16 bits per heavy atom. The number of nitrogens with zero attached hydrogens (tertiary/aromatic N) is 5. The molecule has 3 aliphatic rings. The van der Waals surface area contributed by atoms with Gasteiger partial charge in [-0.05, 0) is 54.8 Å². The van der Waals surface area contributed by atoms with Crippen LogP contribution in [0.5, 0.6) is 0 Å². The second-order valence-electron chi connectivity index (χ2n) is 8.40. The van der Waals surface area contributed by atoms with Crippen LogP contribution in [0.4, 0.5) is 5.82 Å². The molecule has 164 valence electrons. The summed E-state index contributed by atoms with van der Waals surface area (Å²) >= 11 is 1.22. The molecule has 2 atom stereocenters. The van der Waals surface area contributed by atoms with Gasteiger partial charge < -0.3 is 15.5 Å². The molecule has 1 fully saturated rings. The Labute approximate surface area is 192 Å². The Hall–Kier alpha value is -3.02. The molecule has 0 aromatic carbocycles. The van der Waals surface area contributed by atoms with Crippen molar-refractivity contribution in [2.24, 2.45) is 10.9 Å². The van der Waals surface area contributed by atoms with E-state index in [0.29, 0.717) is 18.0 Å². The molecule has 8 heteroatoms. The van der Waals surface area contributed by atoms with Gasteiger partial charge >= 0.3 is 0 Å². The normalized spacial score (nSPS) is 23.3. The lowest BCUT2D eigenvalue weighted by Crippen LogP contribution is -2.25. The molecule has 0 spiro atoms. The van der Waals surface area contributed by atoms with Crippen molar-refractivity contribution in [2.75, 3.05) is 25.0 Å². The zero-order chi connectivity index (χ0) is 21.8. The molecule has 4 bridgehead atoms. The maximum absolute atomic E-state index is 9.35. The first-order valence-electron chi connectivity index (χ1n) is 11.1. The molecule has 0 aliphatic carbocycles. The summed E-state index contributed by atoms with van der Waals surface area (Å²) in [7, 11) is 0. The fourth-order valence-electron chi connectivity index (χ4n) is 4.56. The highest BCUT2D eigenvalue weighted by Crippen LogP contribution is 2.32. The molecule has 3 aliphatic heterocycles. The molecule has 0 saturated carbocycles. The Bertz CT molecular complexity index is 1120. The minimum Gasteiger partial charge on any atom is -0.362 e. The summed E-state index contributed by atoms with van der Waals surface area (Å²) < 4.78 is 0. The van der Waals surface area contributed by atoms with E-state index < -0.39 is 0 Å². The number of nitriles is 1. The van der Waals surface area contributed by atoms with E-state index in [2.05, 4.69) is 32.0 Å². The summed E-state index contributed by atoms with van der Waals surface area (Å²) in [4.78, 5) is 17.9. The molecule has 2 aromatic heterocycles. The molecular formula is C24H27N7S. The van der Waals surface area contributed by atoms with Gasteiger partial charge in [-0.2, -0.15) is 16.6 Å². The predicted molar refractivity (Wildman–Crippen MR) is 131 cm³/mol. The quantitative estimate of drug-likeness (QED) is 0.461. The molecule has 0 amide bonds. The number of pyridine rings is 2. The monoisotopic (exact) mass is 445 g/mol. The van der Waals surface area contributed by atoms with E-state index >= 15 is 0 Å². The lowest BCUT2D eigenvalue weighted by molar-refractivity contribution is 0.383. The standard InChI is InChI=1S/C24H27N7S/c25-13-18-6-8-27-21(12-18)20-5-4-17-7-10-31(16-17)24-22(32-11-9-28-24)15-26-14-19-2-1-3-23(29-19)30-20/h1-3,6,8-9,11-12,17,20,26,32H,4-5,7,10,14-16H2,(H,29,30). The van der Waals surface area contributed by atoms with Crippen LogP contribution < -0.4 is 10.6 Å². The van der Waals surface area contributed by atoms with Crippen molar-refractivity contribution in [2.45, 2.75) is 31.8 Å². The van der Waals surface area contributed by atoms with Gasteiger partial charge in [0.15, 0.2) is 0 Å². The average molecular weight is 446 g/mol. The van der Waals surface area contributed by atoms with Crippen molar-refractivity contribution < 1.29 is 0 Å². The van der Waals surface area contributed by atoms with Gasteiger partial charge in [-0.15, -0.1) is 0 Å². The van der Waals surface area contributed by atoms with E-state index in [4.69, 9.17) is 9.98 Å². The van der Waals surface area contributed by atoms with Crippen LogP contribution >= 0.6 is 11.4 Å². The van der Waals surface area contributed by atoms with Crippen LogP contribution in [-0.4, -0.2) is 46.1 Å². The lowest BCUT2D eigenvalue weighted by atomic mass is 9.97. The van der Waals surface area contributed by atoms with Crippen LogP contribution in [0.25, 0.3) is 0 Å². The molecule has 0 radical (unpaired) electrons. The van der Waals surface area contributed by atoms with Gasteiger partial charge in [0.2, 0.25) is 0 Å². The van der Waals surface area contributed by atoms with Crippen LogP contribution in [0.3, 0.4) is 0 Å². The molecule has 5 rings (SSSR count). The third-order valence-electron chi connectivity index (χ3n) is 6.20.